The Hall–Kier alpha value is -0.580. The normalized spacial score (nSPS) is 42.9. The molecule has 0 aromatic heterocycles. The van der Waals surface area contributed by atoms with Crippen molar-refractivity contribution >= 4 is 15.9 Å². The molecule has 1 saturated heterocycles. The fourth-order valence-electron chi connectivity index (χ4n) is 5.33. The first-order valence-corrected chi connectivity index (χ1v) is 8.99. The third-order valence-corrected chi connectivity index (χ3v) is 7.60. The molecule has 108 valence electrons. The molecule has 3 rings (SSSR count). The minimum absolute atomic E-state index is 0.0453. The van der Waals surface area contributed by atoms with Gasteiger partial charge < -0.3 is 0 Å². The summed E-state index contributed by atoms with van der Waals surface area (Å²) < 4.78 is 26.1. The van der Waals surface area contributed by atoms with Crippen LogP contribution in [0.25, 0.3) is 0 Å². The Balaban J connectivity index is 2.05. The molecular weight excluding hydrogens is 262 g/mol. The molecule has 5 heteroatoms. The molecule has 2 bridgehead atoms. The summed E-state index contributed by atoms with van der Waals surface area (Å²) in [6.07, 6.45) is 3.30. The summed E-state index contributed by atoms with van der Waals surface area (Å²) in [5.74, 6) is 1.59. The molecular formula is C14H23NO3S. The standard InChI is InChI=1S/C14H23NO3S/c1-4-12(16)15-11-7-10-5-6-14(11,8-19(15,17)18)13(10)9(2)3/h9-11,13H,4-8H2,1-3H3/t10?,11-,13?,14-/m0/s1. The van der Waals surface area contributed by atoms with Crippen LogP contribution in [0.2, 0.25) is 0 Å². The maximum absolute atomic E-state index is 12.4. The van der Waals surface area contributed by atoms with Gasteiger partial charge in [0.1, 0.15) is 0 Å². The first-order valence-electron chi connectivity index (χ1n) is 7.38. The summed E-state index contributed by atoms with van der Waals surface area (Å²) in [6.45, 7) is 6.14. The summed E-state index contributed by atoms with van der Waals surface area (Å²) in [6, 6.07) is -0.0453. The first-order chi connectivity index (χ1) is 8.83. The number of hydrogen-bond donors (Lipinski definition) is 0. The predicted octanol–water partition coefficient (Wildman–Crippen LogP) is 2.01. The quantitative estimate of drug-likeness (QED) is 0.780. The van der Waals surface area contributed by atoms with Gasteiger partial charge in [-0.3, -0.25) is 4.79 Å². The number of carbonyl (C=O) groups excluding carboxylic acids is 1. The van der Waals surface area contributed by atoms with Gasteiger partial charge in [-0.05, 0) is 37.0 Å². The number of amides is 1. The predicted molar refractivity (Wildman–Crippen MR) is 72.8 cm³/mol. The van der Waals surface area contributed by atoms with Gasteiger partial charge in [0, 0.05) is 11.8 Å². The molecule has 0 aromatic carbocycles. The Bertz CT molecular complexity index is 513. The highest BCUT2D eigenvalue weighted by molar-refractivity contribution is 7.90. The van der Waals surface area contributed by atoms with E-state index in [1.807, 2.05) is 0 Å². The van der Waals surface area contributed by atoms with Crippen LogP contribution in [0.3, 0.4) is 0 Å². The lowest BCUT2D eigenvalue weighted by molar-refractivity contribution is -0.128. The van der Waals surface area contributed by atoms with Gasteiger partial charge in [0.25, 0.3) is 0 Å². The zero-order valence-electron chi connectivity index (χ0n) is 11.9. The number of nitrogens with zero attached hydrogens (tertiary/aromatic N) is 1. The fraction of sp³-hybridized carbons (Fsp3) is 0.929. The second kappa shape index (κ2) is 3.96. The molecule has 0 aromatic rings. The molecule has 2 saturated carbocycles. The smallest absolute Gasteiger partial charge is 0.238 e. The maximum atomic E-state index is 12.4. The summed E-state index contributed by atoms with van der Waals surface area (Å²) in [5, 5.41) is 0. The van der Waals surface area contributed by atoms with Crippen LogP contribution in [0.15, 0.2) is 0 Å². The van der Waals surface area contributed by atoms with E-state index in [1.54, 1.807) is 6.92 Å². The minimum atomic E-state index is -3.38. The molecule has 1 amide bonds. The molecule has 3 aliphatic rings. The highest BCUT2D eigenvalue weighted by Gasteiger charge is 2.69. The lowest BCUT2D eigenvalue weighted by Crippen LogP contribution is -2.43. The van der Waals surface area contributed by atoms with Crippen molar-refractivity contribution in [1.29, 1.82) is 0 Å². The van der Waals surface area contributed by atoms with Gasteiger partial charge in [-0.1, -0.05) is 20.8 Å². The third kappa shape index (κ3) is 1.57. The average Bonchev–Trinajstić information content (AvgIpc) is 2.86. The van der Waals surface area contributed by atoms with E-state index in [0.717, 1.165) is 19.3 Å². The molecule has 1 spiro atoms. The SMILES string of the molecule is CCC(=O)N1[C@H]2CC3CC[C@@]2(CS1(=O)=O)C3C(C)C. The fourth-order valence-corrected chi connectivity index (χ4v) is 7.80. The van der Waals surface area contributed by atoms with Gasteiger partial charge in [-0.15, -0.1) is 0 Å². The highest BCUT2D eigenvalue weighted by atomic mass is 32.2. The molecule has 2 aliphatic carbocycles. The van der Waals surface area contributed by atoms with Crippen LogP contribution < -0.4 is 0 Å². The molecule has 4 nitrogen and oxygen atoms in total. The van der Waals surface area contributed by atoms with E-state index < -0.39 is 10.0 Å². The van der Waals surface area contributed by atoms with Crippen LogP contribution in [0.1, 0.15) is 46.5 Å². The van der Waals surface area contributed by atoms with E-state index >= 15 is 0 Å². The largest absolute Gasteiger partial charge is 0.274 e. The molecule has 0 N–H and O–H groups in total. The van der Waals surface area contributed by atoms with Crippen molar-refractivity contribution in [3.8, 4) is 0 Å². The van der Waals surface area contributed by atoms with E-state index in [9.17, 15) is 13.2 Å². The van der Waals surface area contributed by atoms with Gasteiger partial charge in [0.15, 0.2) is 0 Å². The lowest BCUT2D eigenvalue weighted by Gasteiger charge is -2.34. The van der Waals surface area contributed by atoms with E-state index in [0.29, 0.717) is 17.8 Å². The number of rotatable bonds is 2. The molecule has 4 atom stereocenters. The maximum Gasteiger partial charge on any atom is 0.238 e. The van der Waals surface area contributed by atoms with Crippen LogP contribution in [-0.2, 0) is 14.8 Å². The summed E-state index contributed by atoms with van der Waals surface area (Å²) in [7, 11) is -3.38. The Labute approximate surface area is 115 Å². The van der Waals surface area contributed by atoms with Crippen LogP contribution >= 0.6 is 0 Å². The average molecular weight is 285 g/mol. The Morgan fingerprint density at radius 2 is 2.11 bits per heavy atom. The van der Waals surface area contributed by atoms with Gasteiger partial charge >= 0.3 is 0 Å². The van der Waals surface area contributed by atoms with E-state index in [1.165, 1.54) is 4.31 Å². The zero-order chi connectivity index (χ0) is 14.0. The molecule has 1 heterocycles. The third-order valence-electron chi connectivity index (χ3n) is 5.64. The van der Waals surface area contributed by atoms with Gasteiger partial charge in [0.2, 0.25) is 15.9 Å². The zero-order valence-corrected chi connectivity index (χ0v) is 12.7. The van der Waals surface area contributed by atoms with Crippen molar-refractivity contribution in [3.63, 3.8) is 0 Å². The number of hydrogen-bond acceptors (Lipinski definition) is 3. The van der Waals surface area contributed by atoms with Gasteiger partial charge in [0.05, 0.1) is 11.8 Å². The minimum Gasteiger partial charge on any atom is -0.274 e. The molecule has 2 unspecified atom stereocenters. The molecule has 19 heavy (non-hydrogen) atoms. The Kier molecular flexibility index (Phi) is 2.80. The Morgan fingerprint density at radius 3 is 2.68 bits per heavy atom. The van der Waals surface area contributed by atoms with E-state index in [2.05, 4.69) is 13.8 Å². The van der Waals surface area contributed by atoms with Crippen LogP contribution in [-0.4, -0.2) is 30.4 Å². The lowest BCUT2D eigenvalue weighted by atomic mass is 9.73. The number of carbonyl (C=O) groups is 1. The topological polar surface area (TPSA) is 54.5 Å². The van der Waals surface area contributed by atoms with E-state index in [-0.39, 0.29) is 29.5 Å². The highest BCUT2D eigenvalue weighted by Crippen LogP contribution is 2.65. The molecule has 3 fully saturated rings. The molecule has 1 aliphatic heterocycles. The van der Waals surface area contributed by atoms with Crippen LogP contribution in [0, 0.1) is 23.2 Å². The summed E-state index contributed by atoms with van der Waals surface area (Å²) >= 11 is 0. The van der Waals surface area contributed by atoms with Crippen molar-refractivity contribution in [3.05, 3.63) is 0 Å². The van der Waals surface area contributed by atoms with E-state index in [4.69, 9.17) is 0 Å². The van der Waals surface area contributed by atoms with Gasteiger partial charge in [-0.2, -0.15) is 0 Å². The first kappa shape index (κ1) is 13.4. The summed E-state index contributed by atoms with van der Waals surface area (Å²) in [5.41, 5.74) is -0.136. The number of fused-ring (bicyclic) bond motifs is 1. The Morgan fingerprint density at radius 1 is 1.42 bits per heavy atom. The second-order valence-electron chi connectivity index (χ2n) is 6.85. The second-order valence-corrected chi connectivity index (χ2v) is 8.70. The van der Waals surface area contributed by atoms with Crippen LogP contribution in [0.5, 0.6) is 0 Å². The van der Waals surface area contributed by atoms with Crippen molar-refractivity contribution in [1.82, 2.24) is 4.31 Å². The monoisotopic (exact) mass is 285 g/mol. The summed E-state index contributed by atoms with van der Waals surface area (Å²) in [4.78, 5) is 12.1. The van der Waals surface area contributed by atoms with Crippen molar-refractivity contribution in [2.75, 3.05) is 5.75 Å². The molecule has 0 radical (unpaired) electrons. The van der Waals surface area contributed by atoms with Gasteiger partial charge in [-0.25, -0.2) is 12.7 Å². The van der Waals surface area contributed by atoms with Crippen molar-refractivity contribution in [2.24, 2.45) is 23.2 Å². The van der Waals surface area contributed by atoms with Crippen LogP contribution in [0.4, 0.5) is 0 Å². The van der Waals surface area contributed by atoms with Crippen molar-refractivity contribution in [2.45, 2.75) is 52.5 Å². The van der Waals surface area contributed by atoms with Crippen molar-refractivity contribution < 1.29 is 13.2 Å². The number of sulfonamides is 1.